The second-order valence-electron chi connectivity index (χ2n) is 17.1. The van der Waals surface area contributed by atoms with Gasteiger partial charge in [0, 0.05) is 80.6 Å². The molecule has 4 heterocycles. The molecule has 1 atom stereocenters. The lowest BCUT2D eigenvalue weighted by molar-refractivity contribution is -0.131. The number of phenols is 1. The zero-order valence-corrected chi connectivity index (χ0v) is 38.2. The Labute approximate surface area is 388 Å². The molecule has 2 aliphatic heterocycles. The summed E-state index contributed by atoms with van der Waals surface area (Å²) in [5.41, 5.74) is 7.95. The van der Waals surface area contributed by atoms with Crippen molar-refractivity contribution in [3.05, 3.63) is 148 Å². The molecule has 4 aromatic carbocycles. The van der Waals surface area contributed by atoms with Crippen LogP contribution in [0.1, 0.15) is 74.6 Å². The molecule has 0 bridgehead atoms. The van der Waals surface area contributed by atoms with E-state index in [9.17, 15) is 23.5 Å². The van der Waals surface area contributed by atoms with Gasteiger partial charge < -0.3 is 28.9 Å². The molecule has 3 amide bonds. The number of hydrogen-bond acceptors (Lipinski definition) is 9. The molecule has 3 N–H and O–H groups in total. The Kier molecular flexibility index (Phi) is 14.2. The number of nitrogens with two attached hydrogens (primary N) is 1. The van der Waals surface area contributed by atoms with Gasteiger partial charge in [0.15, 0.2) is 0 Å². The van der Waals surface area contributed by atoms with Crippen LogP contribution in [0.3, 0.4) is 0 Å². The van der Waals surface area contributed by atoms with E-state index in [0.29, 0.717) is 104 Å². The van der Waals surface area contributed by atoms with Crippen molar-refractivity contribution in [2.45, 2.75) is 65.7 Å². The molecule has 8 rings (SSSR count). The predicted octanol–water partition coefficient (Wildman–Crippen LogP) is 7.58. The highest BCUT2D eigenvalue weighted by atomic mass is 19.3. The van der Waals surface area contributed by atoms with Gasteiger partial charge in [-0.05, 0) is 116 Å². The van der Waals surface area contributed by atoms with E-state index < -0.39 is 12.5 Å². The summed E-state index contributed by atoms with van der Waals surface area (Å²) in [4.78, 5) is 48.7. The third kappa shape index (κ3) is 10.3. The zero-order valence-electron chi connectivity index (χ0n) is 38.2. The summed E-state index contributed by atoms with van der Waals surface area (Å²) in [5, 5.41) is 15.5. The van der Waals surface area contributed by atoms with Crippen molar-refractivity contribution in [1.29, 1.82) is 0 Å². The number of nitrogens with zero attached hydrogens (tertiary/aromatic N) is 7. The van der Waals surface area contributed by atoms with E-state index in [1.54, 1.807) is 18.0 Å². The Balaban J connectivity index is 1.08. The summed E-state index contributed by atoms with van der Waals surface area (Å²) in [6, 6.07) is 27.0. The number of anilines is 2. The zero-order chi connectivity index (χ0) is 47.4. The van der Waals surface area contributed by atoms with Crippen LogP contribution in [0.15, 0.2) is 103 Å². The third-order valence-corrected chi connectivity index (χ3v) is 12.8. The van der Waals surface area contributed by atoms with Gasteiger partial charge >= 0.3 is 6.55 Å². The number of alkyl halides is 2. The number of benzene rings is 4. The molecule has 2 aromatic heterocycles. The van der Waals surface area contributed by atoms with Crippen LogP contribution < -0.4 is 15.5 Å². The maximum absolute atomic E-state index is 15.1. The summed E-state index contributed by atoms with van der Waals surface area (Å²) >= 11 is 0. The molecule has 0 unspecified atom stereocenters. The van der Waals surface area contributed by atoms with Crippen LogP contribution in [0.2, 0.25) is 0 Å². The van der Waals surface area contributed by atoms with Gasteiger partial charge in [-0.1, -0.05) is 36.4 Å². The van der Waals surface area contributed by atoms with Crippen LogP contribution in [0.25, 0.3) is 11.3 Å². The van der Waals surface area contributed by atoms with Crippen molar-refractivity contribution in [2.24, 2.45) is 12.9 Å². The Morgan fingerprint density at radius 3 is 2.34 bits per heavy atom. The first-order valence-corrected chi connectivity index (χ1v) is 22.5. The van der Waals surface area contributed by atoms with Gasteiger partial charge in [0.1, 0.15) is 18.1 Å². The number of aromatic nitrogens is 3. The van der Waals surface area contributed by atoms with E-state index >= 15 is 4.79 Å². The van der Waals surface area contributed by atoms with Gasteiger partial charge in [-0.2, -0.15) is 13.9 Å². The summed E-state index contributed by atoms with van der Waals surface area (Å²) < 4.78 is 41.0. The summed E-state index contributed by atoms with van der Waals surface area (Å²) in [6.07, 6.45) is 3.72. The molecule has 0 fully saturated rings. The van der Waals surface area contributed by atoms with E-state index in [4.69, 9.17) is 15.3 Å². The fraction of sp³-hybridized carbons (Fsp3) is 0.333. The number of aromatic hydroxyl groups is 1. The first-order chi connectivity index (χ1) is 32.3. The number of amides is 3. The minimum atomic E-state index is -2.92. The van der Waals surface area contributed by atoms with Gasteiger partial charge in [-0.25, -0.2) is 9.69 Å². The minimum Gasteiger partial charge on any atom is -0.508 e. The van der Waals surface area contributed by atoms with Gasteiger partial charge in [0.2, 0.25) is 5.91 Å². The quantitative estimate of drug-likeness (QED) is 0.0569. The molecule has 0 aliphatic carbocycles. The lowest BCUT2D eigenvalue weighted by atomic mass is 9.89. The predicted molar refractivity (Wildman–Crippen MR) is 250 cm³/mol. The Hall–Kier alpha value is -6.88. The molecule has 0 radical (unpaired) electrons. The summed E-state index contributed by atoms with van der Waals surface area (Å²) in [5.74, 6) is 5.94. The van der Waals surface area contributed by atoms with Gasteiger partial charge in [-0.15, -0.1) is 0 Å². The molecule has 0 spiro atoms. The van der Waals surface area contributed by atoms with Crippen molar-refractivity contribution in [3.63, 3.8) is 0 Å². The van der Waals surface area contributed by atoms with Gasteiger partial charge in [0.05, 0.1) is 36.7 Å². The molecule has 2 aliphatic rings. The Bertz CT molecular complexity index is 2740. The van der Waals surface area contributed by atoms with E-state index in [-0.39, 0.29) is 41.3 Å². The molecular weight excluding hydrogens is 859 g/mol. The molecule has 0 saturated heterocycles. The summed E-state index contributed by atoms with van der Waals surface area (Å²) in [6.45, 7) is 6.81. The maximum atomic E-state index is 15.1. The number of phenolic OH excluding ortho intramolecular Hbond substituents is 1. The van der Waals surface area contributed by atoms with E-state index in [2.05, 4.69) is 11.2 Å². The number of fused-ring (bicyclic) bond motifs is 2. The van der Waals surface area contributed by atoms with Gasteiger partial charge in [-0.3, -0.25) is 25.1 Å². The average Bonchev–Trinajstić information content (AvgIpc) is 3.93. The number of halogens is 2. The number of carbonyl (C=O) groups excluding carboxylic acids is 3. The lowest BCUT2D eigenvalue weighted by Gasteiger charge is -2.36. The van der Waals surface area contributed by atoms with E-state index in [1.807, 2.05) is 89.9 Å². The molecule has 16 heteroatoms. The SMILES string of the molecule is CCOCCN(N)CCOc1ccc(CC(=O)N2CCc3cc(-c4cc(C(=O)N(c5ccc(O)cc5)c5cnn(C(F)F)c5)c(C)n4C)c(C(=O)N4Cc5ccccc5C[C@H]4C)cc3C2)cc1. The lowest BCUT2D eigenvalue weighted by Crippen LogP contribution is -2.43. The van der Waals surface area contributed by atoms with Crippen LogP contribution in [-0.4, -0.2) is 97.5 Å². The number of ether oxygens (including phenoxy) is 2. The highest BCUT2D eigenvalue weighted by Crippen LogP contribution is 2.37. The number of carbonyl (C=O) groups is 3. The average molecular weight is 915 g/mol. The van der Waals surface area contributed by atoms with Crippen LogP contribution in [0.5, 0.6) is 11.5 Å². The smallest absolute Gasteiger partial charge is 0.333 e. The minimum absolute atomic E-state index is 0.0294. The molecule has 350 valence electrons. The van der Waals surface area contributed by atoms with Crippen molar-refractivity contribution >= 4 is 29.1 Å². The summed E-state index contributed by atoms with van der Waals surface area (Å²) in [7, 11) is 1.83. The van der Waals surface area contributed by atoms with E-state index in [1.165, 1.54) is 40.9 Å². The second-order valence-corrected chi connectivity index (χ2v) is 17.1. The molecular formula is C51H56F2N8O6. The normalized spacial score (nSPS) is 14.6. The topological polar surface area (TPSA) is 152 Å². The third-order valence-electron chi connectivity index (χ3n) is 12.8. The fourth-order valence-corrected chi connectivity index (χ4v) is 8.86. The molecule has 6 aromatic rings. The number of hydrogen-bond donors (Lipinski definition) is 2. The Morgan fingerprint density at radius 1 is 0.896 bits per heavy atom. The first-order valence-electron chi connectivity index (χ1n) is 22.5. The molecule has 67 heavy (non-hydrogen) atoms. The Morgan fingerprint density at radius 2 is 1.63 bits per heavy atom. The molecule has 0 saturated carbocycles. The van der Waals surface area contributed by atoms with Crippen molar-refractivity contribution in [3.8, 4) is 22.8 Å². The van der Waals surface area contributed by atoms with Gasteiger partial charge in [0.25, 0.3) is 11.8 Å². The van der Waals surface area contributed by atoms with Crippen molar-refractivity contribution < 1.29 is 37.7 Å². The number of rotatable bonds is 16. The first kappa shape index (κ1) is 46.6. The molecule has 14 nitrogen and oxygen atoms in total. The van der Waals surface area contributed by atoms with Crippen molar-refractivity contribution in [1.82, 2.24) is 29.2 Å². The second kappa shape index (κ2) is 20.3. The van der Waals surface area contributed by atoms with Crippen LogP contribution in [0, 0.1) is 6.92 Å². The standard InChI is InChI=1S/C51H56F2N8O6/c1-5-66-22-20-58(54)21-23-67-43-16-10-35(11-17-43)25-48(63)57-19-18-37-26-45(46(27-39(37)30-57)49(64)59-31-38-9-7-6-8-36(38)24-33(59)2)47-28-44(34(3)56(47)4)50(65)61(40-12-14-42(62)15-13-40)41-29-55-60(32-41)51(52)53/h6-17,26-29,32-33,51,62H,5,18-25,30-31,54H2,1-4H3/t33-/m1/s1. The highest BCUT2D eigenvalue weighted by molar-refractivity contribution is 6.12. The monoisotopic (exact) mass is 914 g/mol. The van der Waals surface area contributed by atoms with Crippen LogP contribution >= 0.6 is 0 Å². The maximum Gasteiger partial charge on any atom is 0.333 e. The van der Waals surface area contributed by atoms with E-state index in [0.717, 1.165) is 28.5 Å². The highest BCUT2D eigenvalue weighted by Gasteiger charge is 2.33. The number of hydrazine groups is 1. The largest absolute Gasteiger partial charge is 0.508 e. The fourth-order valence-electron chi connectivity index (χ4n) is 8.86. The van der Waals surface area contributed by atoms with Crippen LogP contribution in [0.4, 0.5) is 20.2 Å². The van der Waals surface area contributed by atoms with Crippen LogP contribution in [-0.2, 0) is 48.9 Å². The van der Waals surface area contributed by atoms with Crippen molar-refractivity contribution in [2.75, 3.05) is 44.4 Å².